The van der Waals surface area contributed by atoms with Crippen LogP contribution >= 0.6 is 0 Å². The molecule has 0 aromatic carbocycles. The second kappa shape index (κ2) is 3.64. The fourth-order valence-electron chi connectivity index (χ4n) is 1.08. The van der Waals surface area contributed by atoms with Gasteiger partial charge in [-0.25, -0.2) is 10.8 Å². The van der Waals surface area contributed by atoms with Gasteiger partial charge in [0.1, 0.15) is 6.07 Å². The van der Waals surface area contributed by atoms with E-state index >= 15 is 0 Å². The Kier molecular flexibility index (Phi) is 2.73. The van der Waals surface area contributed by atoms with Crippen molar-refractivity contribution < 1.29 is 0 Å². The predicted octanol–water partition coefficient (Wildman–Crippen LogP) is 1.54. The monoisotopic (exact) mass is 190 g/mol. The molecule has 0 fully saturated rings. The number of nitrogens with two attached hydrogens (primary N) is 1. The van der Waals surface area contributed by atoms with Gasteiger partial charge in [0.05, 0.1) is 5.56 Å². The number of hydrogen-bond donors (Lipinski definition) is 2. The molecule has 3 N–H and O–H groups in total. The van der Waals surface area contributed by atoms with Gasteiger partial charge in [-0.1, -0.05) is 20.8 Å². The molecule has 1 heterocycles. The van der Waals surface area contributed by atoms with Crippen LogP contribution < -0.4 is 11.3 Å². The first kappa shape index (κ1) is 10.5. The number of hydrogen-bond acceptors (Lipinski definition) is 4. The number of hydrazine groups is 1. The number of rotatable bonds is 1. The van der Waals surface area contributed by atoms with Crippen LogP contribution in [0.5, 0.6) is 0 Å². The molecular formula is C10H14N4. The zero-order chi connectivity index (χ0) is 10.8. The van der Waals surface area contributed by atoms with Crippen LogP contribution in [0.1, 0.15) is 32.0 Å². The molecule has 0 aliphatic carbocycles. The van der Waals surface area contributed by atoms with Gasteiger partial charge in [0, 0.05) is 11.1 Å². The fourth-order valence-corrected chi connectivity index (χ4v) is 1.08. The minimum Gasteiger partial charge on any atom is -0.307 e. The van der Waals surface area contributed by atoms with Crippen molar-refractivity contribution in [3.63, 3.8) is 0 Å². The maximum Gasteiger partial charge on any atom is 0.158 e. The van der Waals surface area contributed by atoms with Gasteiger partial charge in [-0.3, -0.25) is 0 Å². The third kappa shape index (κ3) is 2.01. The number of pyridine rings is 1. The maximum atomic E-state index is 8.76. The Hall–Kier alpha value is -1.60. The zero-order valence-electron chi connectivity index (χ0n) is 8.63. The highest BCUT2D eigenvalue weighted by molar-refractivity contribution is 5.51. The van der Waals surface area contributed by atoms with Gasteiger partial charge >= 0.3 is 0 Å². The summed E-state index contributed by atoms with van der Waals surface area (Å²) in [5.41, 5.74) is 3.75. The minimum atomic E-state index is -0.0421. The summed E-state index contributed by atoms with van der Waals surface area (Å²) in [4.78, 5) is 4.27. The Labute approximate surface area is 83.7 Å². The number of nitriles is 1. The van der Waals surface area contributed by atoms with Gasteiger partial charge in [-0.2, -0.15) is 5.26 Å². The van der Waals surface area contributed by atoms with E-state index in [4.69, 9.17) is 11.1 Å². The predicted molar refractivity (Wildman–Crippen MR) is 55.5 cm³/mol. The number of anilines is 1. The van der Waals surface area contributed by atoms with Crippen LogP contribution in [0.4, 0.5) is 5.82 Å². The Morgan fingerprint density at radius 1 is 1.43 bits per heavy atom. The topological polar surface area (TPSA) is 74.7 Å². The Bertz CT molecular complexity index is 371. The summed E-state index contributed by atoms with van der Waals surface area (Å²) in [6, 6.07) is 5.59. The Morgan fingerprint density at radius 2 is 2.07 bits per heavy atom. The van der Waals surface area contributed by atoms with Crippen LogP contribution in [-0.2, 0) is 5.41 Å². The molecule has 1 aromatic heterocycles. The fraction of sp³-hybridized carbons (Fsp3) is 0.400. The molecule has 1 aromatic rings. The van der Waals surface area contributed by atoms with Gasteiger partial charge in [0.2, 0.25) is 0 Å². The highest BCUT2D eigenvalue weighted by Gasteiger charge is 2.16. The average molecular weight is 190 g/mol. The first-order chi connectivity index (χ1) is 6.49. The second-order valence-electron chi connectivity index (χ2n) is 4.10. The van der Waals surface area contributed by atoms with Crippen molar-refractivity contribution in [2.24, 2.45) is 5.84 Å². The van der Waals surface area contributed by atoms with Gasteiger partial charge in [0.25, 0.3) is 0 Å². The summed E-state index contributed by atoms with van der Waals surface area (Å²) in [7, 11) is 0. The molecule has 74 valence electrons. The molecule has 0 amide bonds. The number of nitrogens with zero attached hydrogens (tertiary/aromatic N) is 2. The summed E-state index contributed by atoms with van der Waals surface area (Å²) < 4.78 is 0. The molecule has 14 heavy (non-hydrogen) atoms. The molecule has 4 heteroatoms. The summed E-state index contributed by atoms with van der Waals surface area (Å²) in [5.74, 6) is 5.71. The van der Waals surface area contributed by atoms with E-state index in [0.29, 0.717) is 11.4 Å². The van der Waals surface area contributed by atoms with Gasteiger partial charge < -0.3 is 5.43 Å². The molecule has 0 saturated carbocycles. The van der Waals surface area contributed by atoms with E-state index in [1.165, 1.54) is 0 Å². The van der Waals surface area contributed by atoms with E-state index in [9.17, 15) is 0 Å². The molecule has 0 aliphatic rings. The van der Waals surface area contributed by atoms with Crippen molar-refractivity contribution in [2.45, 2.75) is 26.2 Å². The van der Waals surface area contributed by atoms with Gasteiger partial charge in [0.15, 0.2) is 5.82 Å². The largest absolute Gasteiger partial charge is 0.307 e. The lowest BCUT2D eigenvalue weighted by Crippen LogP contribution is -2.17. The summed E-state index contributed by atoms with van der Waals surface area (Å²) >= 11 is 0. The lowest BCUT2D eigenvalue weighted by molar-refractivity contribution is 0.569. The van der Waals surface area contributed by atoms with Crippen molar-refractivity contribution in [3.05, 3.63) is 23.4 Å². The van der Waals surface area contributed by atoms with Crippen LogP contribution in [-0.4, -0.2) is 4.98 Å². The van der Waals surface area contributed by atoms with Gasteiger partial charge in [-0.15, -0.1) is 0 Å². The molecule has 0 unspecified atom stereocenters. The molecule has 4 nitrogen and oxygen atoms in total. The first-order valence-electron chi connectivity index (χ1n) is 4.37. The molecular weight excluding hydrogens is 176 g/mol. The van der Waals surface area contributed by atoms with E-state index in [0.717, 1.165) is 5.69 Å². The first-order valence-corrected chi connectivity index (χ1v) is 4.37. The lowest BCUT2D eigenvalue weighted by atomic mass is 9.91. The van der Waals surface area contributed by atoms with Crippen molar-refractivity contribution in [1.29, 1.82) is 5.26 Å². The SMILES string of the molecule is CC(C)(C)c1ccc(C#N)c(NN)n1. The van der Waals surface area contributed by atoms with Crippen molar-refractivity contribution in [1.82, 2.24) is 4.98 Å². The van der Waals surface area contributed by atoms with E-state index in [1.807, 2.05) is 12.1 Å². The third-order valence-electron chi connectivity index (χ3n) is 1.92. The quantitative estimate of drug-likeness (QED) is 0.520. The summed E-state index contributed by atoms with van der Waals surface area (Å²) in [6.45, 7) is 6.17. The standard InChI is InChI=1S/C10H14N4/c1-10(2,3)8-5-4-7(6-11)9(13-8)14-12/h4-5H,12H2,1-3H3,(H,13,14). The summed E-state index contributed by atoms with van der Waals surface area (Å²) in [6.07, 6.45) is 0. The Balaban J connectivity index is 3.23. The molecule has 0 bridgehead atoms. The molecule has 0 saturated heterocycles. The van der Waals surface area contributed by atoms with Crippen LogP contribution in [0.2, 0.25) is 0 Å². The van der Waals surface area contributed by atoms with Crippen LogP contribution in [0, 0.1) is 11.3 Å². The van der Waals surface area contributed by atoms with Crippen LogP contribution in [0.3, 0.4) is 0 Å². The number of aromatic nitrogens is 1. The maximum absolute atomic E-state index is 8.76. The zero-order valence-corrected chi connectivity index (χ0v) is 8.63. The third-order valence-corrected chi connectivity index (χ3v) is 1.92. The van der Waals surface area contributed by atoms with E-state index in [-0.39, 0.29) is 5.41 Å². The van der Waals surface area contributed by atoms with E-state index < -0.39 is 0 Å². The van der Waals surface area contributed by atoms with Crippen LogP contribution in [0.25, 0.3) is 0 Å². The molecule has 0 aliphatic heterocycles. The lowest BCUT2D eigenvalue weighted by Gasteiger charge is -2.18. The molecule has 0 radical (unpaired) electrons. The van der Waals surface area contributed by atoms with Crippen LogP contribution in [0.15, 0.2) is 12.1 Å². The molecule has 0 atom stereocenters. The highest BCUT2D eigenvalue weighted by Crippen LogP contribution is 2.22. The average Bonchev–Trinajstić information content (AvgIpc) is 2.15. The van der Waals surface area contributed by atoms with Crippen molar-refractivity contribution in [2.75, 3.05) is 5.43 Å². The number of nitrogen functional groups attached to an aromatic ring is 1. The normalized spacial score (nSPS) is 10.8. The summed E-state index contributed by atoms with van der Waals surface area (Å²) in [5, 5.41) is 8.76. The number of nitrogens with one attached hydrogen (secondary N) is 1. The van der Waals surface area contributed by atoms with Gasteiger partial charge in [-0.05, 0) is 12.1 Å². The second-order valence-corrected chi connectivity index (χ2v) is 4.10. The van der Waals surface area contributed by atoms with Crippen molar-refractivity contribution in [3.8, 4) is 6.07 Å². The molecule has 0 spiro atoms. The minimum absolute atomic E-state index is 0.0421. The smallest absolute Gasteiger partial charge is 0.158 e. The highest BCUT2D eigenvalue weighted by atomic mass is 15.3. The van der Waals surface area contributed by atoms with Crippen molar-refractivity contribution >= 4 is 5.82 Å². The van der Waals surface area contributed by atoms with E-state index in [2.05, 4.69) is 31.2 Å². The molecule has 1 rings (SSSR count). The van der Waals surface area contributed by atoms with E-state index in [1.54, 1.807) is 6.07 Å². The Morgan fingerprint density at radius 3 is 2.50 bits per heavy atom.